The number of para-hydroxylation sites is 1. The number of nitrogens with one attached hydrogen (secondary N) is 1. The number of rotatable bonds is 9. The average Bonchev–Trinajstić information content (AvgIpc) is 3.22. The van der Waals surface area contributed by atoms with Crippen molar-refractivity contribution in [3.05, 3.63) is 53.6 Å². The zero-order chi connectivity index (χ0) is 23.1. The zero-order valence-corrected chi connectivity index (χ0v) is 18.6. The van der Waals surface area contributed by atoms with Gasteiger partial charge >= 0.3 is 5.97 Å². The Morgan fingerprint density at radius 1 is 1.03 bits per heavy atom. The van der Waals surface area contributed by atoms with Crippen LogP contribution in [-0.4, -0.2) is 50.2 Å². The zero-order valence-electron chi connectivity index (χ0n) is 18.6. The average molecular weight is 440 g/mol. The van der Waals surface area contributed by atoms with Crippen molar-refractivity contribution in [1.29, 1.82) is 0 Å². The van der Waals surface area contributed by atoms with Gasteiger partial charge in [-0.2, -0.15) is 0 Å². The van der Waals surface area contributed by atoms with Gasteiger partial charge in [0.2, 0.25) is 0 Å². The number of nitrogens with zero attached hydrogens (tertiary/aromatic N) is 1. The summed E-state index contributed by atoms with van der Waals surface area (Å²) >= 11 is 0. The fraction of sp³-hybridized carbons (Fsp3) is 0.375. The van der Waals surface area contributed by atoms with Crippen molar-refractivity contribution in [2.45, 2.75) is 33.3 Å². The molecule has 8 nitrogen and oxygen atoms in total. The van der Waals surface area contributed by atoms with E-state index in [1.54, 1.807) is 23.1 Å². The molecule has 1 aliphatic rings. The van der Waals surface area contributed by atoms with Crippen LogP contribution in [0.1, 0.15) is 36.7 Å². The number of hydrogen-bond acceptors (Lipinski definition) is 6. The summed E-state index contributed by atoms with van der Waals surface area (Å²) in [6.45, 7) is 6.31. The molecule has 2 aromatic rings. The number of benzene rings is 2. The Labute approximate surface area is 187 Å². The molecule has 0 aliphatic carbocycles. The van der Waals surface area contributed by atoms with Gasteiger partial charge < -0.3 is 24.4 Å². The van der Waals surface area contributed by atoms with E-state index in [1.165, 1.54) is 6.92 Å². The lowest BCUT2D eigenvalue weighted by Gasteiger charge is -2.21. The highest BCUT2D eigenvalue weighted by Crippen LogP contribution is 2.29. The smallest absolute Gasteiger partial charge is 0.326 e. The normalized spacial score (nSPS) is 13.2. The van der Waals surface area contributed by atoms with Crippen molar-refractivity contribution >= 4 is 23.5 Å². The highest BCUT2D eigenvalue weighted by molar-refractivity contribution is 6.00. The SMILES string of the molecule is CCOc1ccc(C(=O)NCC(=O)O[C@H](C)C(=O)N2CCc3ccccc32)cc1OCC. The Kier molecular flexibility index (Phi) is 7.70. The van der Waals surface area contributed by atoms with Gasteiger partial charge in [0, 0.05) is 17.8 Å². The predicted octanol–water partition coefficient (Wildman–Crippen LogP) is 2.73. The maximum atomic E-state index is 12.7. The summed E-state index contributed by atoms with van der Waals surface area (Å²) in [6, 6.07) is 12.5. The second-order valence-corrected chi connectivity index (χ2v) is 7.21. The van der Waals surface area contributed by atoms with Crippen molar-refractivity contribution in [3.63, 3.8) is 0 Å². The highest BCUT2D eigenvalue weighted by atomic mass is 16.5. The van der Waals surface area contributed by atoms with E-state index in [0.717, 1.165) is 17.7 Å². The number of fused-ring (bicyclic) bond motifs is 1. The lowest BCUT2D eigenvalue weighted by Crippen LogP contribution is -2.41. The number of amides is 2. The van der Waals surface area contributed by atoms with Gasteiger partial charge in [-0.15, -0.1) is 0 Å². The van der Waals surface area contributed by atoms with E-state index in [0.29, 0.717) is 36.8 Å². The lowest BCUT2D eigenvalue weighted by molar-refractivity contribution is -0.152. The van der Waals surface area contributed by atoms with Gasteiger partial charge in [0.1, 0.15) is 6.54 Å². The Hall–Kier alpha value is -3.55. The van der Waals surface area contributed by atoms with E-state index in [2.05, 4.69) is 5.32 Å². The van der Waals surface area contributed by atoms with Crippen LogP contribution in [0.4, 0.5) is 5.69 Å². The summed E-state index contributed by atoms with van der Waals surface area (Å²) < 4.78 is 16.3. The minimum absolute atomic E-state index is 0.289. The summed E-state index contributed by atoms with van der Waals surface area (Å²) in [4.78, 5) is 39.0. The first-order valence-electron chi connectivity index (χ1n) is 10.7. The Balaban J connectivity index is 1.54. The van der Waals surface area contributed by atoms with Crippen LogP contribution in [0.5, 0.6) is 11.5 Å². The molecule has 0 saturated heterocycles. The largest absolute Gasteiger partial charge is 0.490 e. The van der Waals surface area contributed by atoms with Gasteiger partial charge in [-0.3, -0.25) is 14.4 Å². The lowest BCUT2D eigenvalue weighted by atomic mass is 10.2. The van der Waals surface area contributed by atoms with Crippen LogP contribution in [-0.2, 0) is 20.7 Å². The molecule has 2 aromatic carbocycles. The highest BCUT2D eigenvalue weighted by Gasteiger charge is 2.29. The van der Waals surface area contributed by atoms with Crippen LogP contribution in [0.15, 0.2) is 42.5 Å². The van der Waals surface area contributed by atoms with E-state index in [-0.39, 0.29) is 12.5 Å². The second-order valence-electron chi connectivity index (χ2n) is 7.21. The summed E-state index contributed by atoms with van der Waals surface area (Å²) in [5.41, 5.74) is 2.25. The minimum atomic E-state index is -0.958. The molecule has 1 aliphatic heterocycles. The first kappa shape index (κ1) is 23.1. The summed E-state index contributed by atoms with van der Waals surface area (Å²) in [7, 11) is 0. The van der Waals surface area contributed by atoms with Gasteiger partial charge in [0.05, 0.1) is 13.2 Å². The molecule has 0 bridgehead atoms. The molecule has 0 aromatic heterocycles. The third-order valence-electron chi connectivity index (χ3n) is 5.01. The molecule has 8 heteroatoms. The molecule has 1 heterocycles. The quantitative estimate of drug-likeness (QED) is 0.603. The van der Waals surface area contributed by atoms with E-state index in [1.807, 2.05) is 38.1 Å². The van der Waals surface area contributed by atoms with Crippen molar-refractivity contribution in [3.8, 4) is 11.5 Å². The Bertz CT molecular complexity index is 990. The van der Waals surface area contributed by atoms with Gasteiger partial charge in [-0.05, 0) is 57.0 Å². The summed E-state index contributed by atoms with van der Waals surface area (Å²) in [5, 5.41) is 2.51. The fourth-order valence-corrected chi connectivity index (χ4v) is 3.52. The van der Waals surface area contributed by atoms with E-state index >= 15 is 0 Å². The van der Waals surface area contributed by atoms with Crippen molar-refractivity contribution in [1.82, 2.24) is 5.32 Å². The molecule has 32 heavy (non-hydrogen) atoms. The Morgan fingerprint density at radius 3 is 2.50 bits per heavy atom. The molecule has 170 valence electrons. The van der Waals surface area contributed by atoms with Crippen molar-refractivity contribution in [2.75, 3.05) is 31.2 Å². The number of esters is 1. The molecule has 0 radical (unpaired) electrons. The number of carbonyl (C=O) groups is 3. The monoisotopic (exact) mass is 440 g/mol. The standard InChI is InChI=1S/C24H28N2O6/c1-4-30-20-11-10-18(14-21(20)31-5-2)23(28)25-15-22(27)32-16(3)24(29)26-13-12-17-8-6-7-9-19(17)26/h6-11,14,16H,4-5,12-13,15H2,1-3H3,(H,25,28)/t16-/m1/s1. The van der Waals surface area contributed by atoms with Crippen molar-refractivity contribution < 1.29 is 28.6 Å². The first-order valence-corrected chi connectivity index (χ1v) is 10.7. The van der Waals surface area contributed by atoms with Crippen LogP contribution in [0.3, 0.4) is 0 Å². The van der Waals surface area contributed by atoms with Gasteiger partial charge in [-0.25, -0.2) is 0 Å². The summed E-state index contributed by atoms with van der Waals surface area (Å²) in [5.74, 6) is -0.445. The molecule has 0 saturated carbocycles. The van der Waals surface area contributed by atoms with E-state index < -0.39 is 18.0 Å². The van der Waals surface area contributed by atoms with Crippen LogP contribution in [0, 0.1) is 0 Å². The van der Waals surface area contributed by atoms with Crippen LogP contribution >= 0.6 is 0 Å². The fourth-order valence-electron chi connectivity index (χ4n) is 3.52. The van der Waals surface area contributed by atoms with Crippen LogP contribution < -0.4 is 19.7 Å². The molecule has 1 N–H and O–H groups in total. The van der Waals surface area contributed by atoms with Gasteiger partial charge in [-0.1, -0.05) is 18.2 Å². The number of carbonyl (C=O) groups excluding carboxylic acids is 3. The molecule has 3 rings (SSSR count). The maximum absolute atomic E-state index is 12.7. The molecule has 0 fully saturated rings. The van der Waals surface area contributed by atoms with Gasteiger partial charge in [0.15, 0.2) is 17.6 Å². The topological polar surface area (TPSA) is 94.2 Å². The molecule has 0 unspecified atom stereocenters. The van der Waals surface area contributed by atoms with Crippen LogP contribution in [0.25, 0.3) is 0 Å². The predicted molar refractivity (Wildman–Crippen MR) is 119 cm³/mol. The van der Waals surface area contributed by atoms with Crippen molar-refractivity contribution in [2.24, 2.45) is 0 Å². The number of hydrogen-bond donors (Lipinski definition) is 1. The molecule has 0 spiro atoms. The van der Waals surface area contributed by atoms with E-state index in [9.17, 15) is 14.4 Å². The molecule has 2 amide bonds. The molecular weight excluding hydrogens is 412 g/mol. The van der Waals surface area contributed by atoms with Crippen LogP contribution in [0.2, 0.25) is 0 Å². The second kappa shape index (κ2) is 10.7. The maximum Gasteiger partial charge on any atom is 0.326 e. The first-order chi connectivity index (χ1) is 15.4. The third kappa shape index (κ3) is 5.38. The minimum Gasteiger partial charge on any atom is -0.490 e. The molecular formula is C24H28N2O6. The Morgan fingerprint density at radius 2 is 1.75 bits per heavy atom. The number of anilines is 1. The molecule has 1 atom stereocenters. The summed E-state index contributed by atoms with van der Waals surface area (Å²) in [6.07, 6.45) is -0.189. The van der Waals surface area contributed by atoms with E-state index in [4.69, 9.17) is 14.2 Å². The third-order valence-corrected chi connectivity index (χ3v) is 5.01. The number of ether oxygens (including phenoxy) is 3. The van der Waals surface area contributed by atoms with Gasteiger partial charge in [0.25, 0.3) is 11.8 Å².